The van der Waals surface area contributed by atoms with Gasteiger partial charge in [-0.25, -0.2) is 4.79 Å². The summed E-state index contributed by atoms with van der Waals surface area (Å²) in [5, 5.41) is 0. The number of carbonyl (C=O) groups is 2. The fourth-order valence-electron chi connectivity index (χ4n) is 2.68. The molecule has 1 aliphatic heterocycles. The lowest BCUT2D eigenvalue weighted by atomic mass is 10.1. The minimum absolute atomic E-state index is 0.189. The Labute approximate surface area is 164 Å². The highest BCUT2D eigenvalue weighted by molar-refractivity contribution is 9.10. The van der Waals surface area contributed by atoms with Crippen molar-refractivity contribution in [1.82, 2.24) is 0 Å². The van der Waals surface area contributed by atoms with Crippen LogP contribution in [0, 0.1) is 6.92 Å². The highest BCUT2D eigenvalue weighted by Gasteiger charge is 2.30. The Bertz CT molecular complexity index is 948. The number of hydrogen-bond acceptors (Lipinski definition) is 6. The maximum Gasteiger partial charge on any atom is 0.343 e. The molecule has 6 nitrogen and oxygen atoms in total. The summed E-state index contributed by atoms with van der Waals surface area (Å²) in [6.45, 7) is 1.55. The predicted octanol–water partition coefficient (Wildman–Crippen LogP) is 3.93. The third-order valence-corrected chi connectivity index (χ3v) is 4.58. The number of hydrogen-bond donors (Lipinski definition) is 0. The second-order valence-electron chi connectivity index (χ2n) is 5.76. The van der Waals surface area contributed by atoms with E-state index in [9.17, 15) is 9.59 Å². The van der Waals surface area contributed by atoms with Crippen molar-refractivity contribution in [3.8, 4) is 17.2 Å². The molecule has 2 aromatic rings. The maximum atomic E-state index is 12.7. The van der Waals surface area contributed by atoms with Gasteiger partial charge in [0.15, 0.2) is 12.4 Å². The van der Waals surface area contributed by atoms with Crippen molar-refractivity contribution in [2.45, 2.75) is 6.92 Å². The van der Waals surface area contributed by atoms with Crippen LogP contribution in [0.15, 0.2) is 40.6 Å². The van der Waals surface area contributed by atoms with Crippen LogP contribution < -0.4 is 14.2 Å². The molecule has 0 radical (unpaired) electrons. The van der Waals surface area contributed by atoms with Crippen LogP contribution >= 0.6 is 15.9 Å². The molecule has 0 aliphatic carbocycles. The van der Waals surface area contributed by atoms with Gasteiger partial charge in [-0.1, -0.05) is 15.9 Å². The number of benzene rings is 2. The molecular weight excluding hydrogens is 416 g/mol. The van der Waals surface area contributed by atoms with E-state index in [0.717, 1.165) is 4.47 Å². The number of Topliss-reactive ketones (excluding diaryl/α,β-unsaturated/α-hetero) is 1. The van der Waals surface area contributed by atoms with Crippen LogP contribution in [-0.2, 0) is 9.53 Å². The monoisotopic (exact) mass is 432 g/mol. The Balaban J connectivity index is 1.92. The average Bonchev–Trinajstić information content (AvgIpc) is 2.98. The first kappa shape index (κ1) is 19.0. The first-order valence-electron chi connectivity index (χ1n) is 8.05. The molecular formula is C20H17BrO6. The first-order valence-corrected chi connectivity index (χ1v) is 8.85. The summed E-state index contributed by atoms with van der Waals surface area (Å²) in [4.78, 5) is 24.0. The van der Waals surface area contributed by atoms with E-state index >= 15 is 0 Å². The normalized spacial score (nSPS) is 13.9. The van der Waals surface area contributed by atoms with Crippen LogP contribution in [0.5, 0.6) is 17.2 Å². The molecule has 0 bridgehead atoms. The van der Waals surface area contributed by atoms with Crippen molar-refractivity contribution in [1.29, 1.82) is 0 Å². The Morgan fingerprint density at radius 3 is 2.63 bits per heavy atom. The molecule has 0 saturated carbocycles. The number of ketones is 1. The van der Waals surface area contributed by atoms with E-state index in [4.69, 9.17) is 14.2 Å². The first-order chi connectivity index (χ1) is 12.9. The zero-order chi connectivity index (χ0) is 19.6. The van der Waals surface area contributed by atoms with Gasteiger partial charge in [-0.3, -0.25) is 4.79 Å². The number of halogens is 1. The number of ether oxygens (including phenoxy) is 4. The van der Waals surface area contributed by atoms with Crippen molar-refractivity contribution in [2.24, 2.45) is 0 Å². The summed E-state index contributed by atoms with van der Waals surface area (Å²) in [7, 11) is 2.85. The zero-order valence-electron chi connectivity index (χ0n) is 15.0. The van der Waals surface area contributed by atoms with Gasteiger partial charge >= 0.3 is 5.97 Å². The molecule has 0 saturated heterocycles. The Morgan fingerprint density at radius 2 is 1.93 bits per heavy atom. The molecule has 0 atom stereocenters. The highest BCUT2D eigenvalue weighted by atomic mass is 79.9. The molecule has 0 N–H and O–H groups in total. The van der Waals surface area contributed by atoms with Crippen LogP contribution in [0.1, 0.15) is 21.5 Å². The van der Waals surface area contributed by atoms with Gasteiger partial charge in [-0.15, -0.1) is 0 Å². The molecule has 1 heterocycles. The van der Waals surface area contributed by atoms with Gasteiger partial charge in [0, 0.05) is 15.6 Å². The van der Waals surface area contributed by atoms with E-state index < -0.39 is 5.97 Å². The van der Waals surface area contributed by atoms with Crippen molar-refractivity contribution < 1.29 is 28.5 Å². The quantitative estimate of drug-likeness (QED) is 0.526. The third-order valence-electron chi connectivity index (χ3n) is 4.09. The summed E-state index contributed by atoms with van der Waals surface area (Å²) in [6.07, 6.45) is 1.64. The Morgan fingerprint density at radius 1 is 1.19 bits per heavy atom. The maximum absolute atomic E-state index is 12.7. The highest BCUT2D eigenvalue weighted by Crippen LogP contribution is 2.40. The molecule has 0 aromatic heterocycles. The van der Waals surface area contributed by atoms with Gasteiger partial charge in [-0.2, -0.15) is 0 Å². The van der Waals surface area contributed by atoms with Crippen LogP contribution in [0.3, 0.4) is 0 Å². The van der Waals surface area contributed by atoms with Gasteiger partial charge < -0.3 is 18.9 Å². The van der Waals surface area contributed by atoms with Gasteiger partial charge in [0.2, 0.25) is 5.78 Å². The Hall–Kier alpha value is -2.80. The molecule has 140 valence electrons. The van der Waals surface area contributed by atoms with E-state index in [1.165, 1.54) is 7.11 Å². The van der Waals surface area contributed by atoms with E-state index in [-0.39, 0.29) is 18.1 Å². The largest absolute Gasteiger partial charge is 0.496 e. The molecule has 0 unspecified atom stereocenters. The van der Waals surface area contributed by atoms with Crippen LogP contribution in [-0.4, -0.2) is 32.6 Å². The molecule has 0 fully saturated rings. The standard InChI is InChI=1S/C20H17BrO6/c1-11-15(26-10-18(22)25-3)7-5-14-19(23)17(27-20(11)14)9-12-8-13(21)4-6-16(12)24-2/h4-9H,10H2,1-3H3/b17-9-. The van der Waals surface area contributed by atoms with Crippen LogP contribution in [0.2, 0.25) is 0 Å². The lowest BCUT2D eigenvalue weighted by molar-refractivity contribution is -0.142. The summed E-state index contributed by atoms with van der Waals surface area (Å²) < 4.78 is 22.0. The van der Waals surface area contributed by atoms with Crippen molar-refractivity contribution >= 4 is 33.8 Å². The smallest absolute Gasteiger partial charge is 0.343 e. The van der Waals surface area contributed by atoms with Crippen molar-refractivity contribution in [2.75, 3.05) is 20.8 Å². The molecule has 2 aromatic carbocycles. The summed E-state index contributed by atoms with van der Waals surface area (Å²) in [5.41, 5.74) is 1.79. The minimum atomic E-state index is -0.491. The van der Waals surface area contributed by atoms with Crippen molar-refractivity contribution in [3.05, 3.63) is 57.3 Å². The van der Waals surface area contributed by atoms with E-state index in [0.29, 0.717) is 33.9 Å². The SMILES string of the molecule is COC(=O)COc1ccc2c(c1C)O/C(=C\c1cc(Br)ccc1OC)C2=O. The third kappa shape index (κ3) is 3.83. The fraction of sp³-hybridized carbons (Fsp3) is 0.200. The number of allylic oxidation sites excluding steroid dienone is 1. The molecule has 7 heteroatoms. The average molecular weight is 433 g/mol. The van der Waals surface area contributed by atoms with Gasteiger partial charge in [0.1, 0.15) is 17.2 Å². The number of rotatable bonds is 5. The number of carbonyl (C=O) groups excluding carboxylic acids is 2. The lowest BCUT2D eigenvalue weighted by Crippen LogP contribution is -2.13. The fourth-order valence-corrected chi connectivity index (χ4v) is 3.06. The molecule has 3 rings (SSSR count). The molecule has 27 heavy (non-hydrogen) atoms. The molecule has 0 spiro atoms. The zero-order valence-corrected chi connectivity index (χ0v) is 16.6. The molecule has 1 aliphatic rings. The predicted molar refractivity (Wildman–Crippen MR) is 102 cm³/mol. The van der Waals surface area contributed by atoms with Gasteiger partial charge in [0.05, 0.1) is 19.8 Å². The van der Waals surface area contributed by atoms with Crippen LogP contribution in [0.25, 0.3) is 6.08 Å². The minimum Gasteiger partial charge on any atom is -0.496 e. The van der Waals surface area contributed by atoms with E-state index in [2.05, 4.69) is 20.7 Å². The van der Waals surface area contributed by atoms with Crippen molar-refractivity contribution in [3.63, 3.8) is 0 Å². The summed E-state index contributed by atoms with van der Waals surface area (Å²) in [6, 6.07) is 8.75. The van der Waals surface area contributed by atoms with Gasteiger partial charge in [-0.05, 0) is 43.3 Å². The second-order valence-corrected chi connectivity index (χ2v) is 6.67. The van der Waals surface area contributed by atoms with E-state index in [1.54, 1.807) is 38.3 Å². The summed E-state index contributed by atoms with van der Waals surface area (Å²) in [5.74, 6) is 0.964. The molecule has 0 amide bonds. The number of esters is 1. The Kier molecular flexibility index (Phi) is 5.51. The lowest BCUT2D eigenvalue weighted by Gasteiger charge is -2.10. The number of fused-ring (bicyclic) bond motifs is 1. The topological polar surface area (TPSA) is 71.1 Å². The van der Waals surface area contributed by atoms with E-state index in [1.807, 2.05) is 12.1 Å². The second kappa shape index (κ2) is 7.84. The number of methoxy groups -OCH3 is 2. The van der Waals surface area contributed by atoms with Gasteiger partial charge in [0.25, 0.3) is 0 Å². The summed E-state index contributed by atoms with van der Waals surface area (Å²) >= 11 is 3.41. The van der Waals surface area contributed by atoms with Crippen LogP contribution in [0.4, 0.5) is 0 Å².